The summed E-state index contributed by atoms with van der Waals surface area (Å²) in [7, 11) is 0. The smallest absolute Gasteiger partial charge is 0.326 e. The molecule has 0 unspecified atom stereocenters. The summed E-state index contributed by atoms with van der Waals surface area (Å²) in [5.74, 6) is 0.960. The van der Waals surface area contributed by atoms with Crippen molar-refractivity contribution in [1.29, 1.82) is 0 Å². The van der Waals surface area contributed by atoms with E-state index in [1.165, 1.54) is 0 Å². The van der Waals surface area contributed by atoms with E-state index in [2.05, 4.69) is 26.0 Å². The van der Waals surface area contributed by atoms with Crippen LogP contribution in [0.5, 0.6) is 0 Å². The average Bonchev–Trinajstić information content (AvgIpc) is 3.04. The van der Waals surface area contributed by atoms with E-state index in [0.29, 0.717) is 42.6 Å². The number of halogens is 1. The molecule has 5 rings (SSSR count). The Kier molecular flexibility index (Phi) is 3.52. The molecule has 3 amide bonds. The van der Waals surface area contributed by atoms with Gasteiger partial charge in [-0.1, -0.05) is 0 Å². The zero-order valence-corrected chi connectivity index (χ0v) is 14.4. The third-order valence-corrected chi connectivity index (χ3v) is 4.89. The number of hydrogen-bond acceptors (Lipinski definition) is 6. The Labute approximate surface area is 153 Å². The molecule has 1 aliphatic carbocycles. The van der Waals surface area contributed by atoms with Crippen molar-refractivity contribution in [1.82, 2.24) is 25.2 Å². The van der Waals surface area contributed by atoms with Crippen LogP contribution in [-0.2, 0) is 4.79 Å². The van der Waals surface area contributed by atoms with Gasteiger partial charge >= 0.3 is 6.03 Å². The van der Waals surface area contributed by atoms with E-state index in [-0.39, 0.29) is 5.70 Å². The van der Waals surface area contributed by atoms with Crippen LogP contribution in [0, 0.1) is 0 Å². The number of hydrogen-bond donors (Lipinski definition) is 3. The van der Waals surface area contributed by atoms with Gasteiger partial charge < -0.3 is 15.5 Å². The number of carbonyl (C=O) groups is 2. The monoisotopic (exact) mass is 371 g/mol. The molecule has 1 atom stereocenters. The molecule has 3 aliphatic rings. The van der Waals surface area contributed by atoms with Gasteiger partial charge in [0.2, 0.25) is 0 Å². The molecule has 2 aromatic rings. The summed E-state index contributed by atoms with van der Waals surface area (Å²) in [6.45, 7) is 0.922. The molecule has 0 radical (unpaired) electrons. The molecule has 3 N–H and O–H groups in total. The first-order valence-corrected chi connectivity index (χ1v) is 8.95. The lowest BCUT2D eigenvalue weighted by Gasteiger charge is -2.18. The van der Waals surface area contributed by atoms with Crippen LogP contribution in [0.25, 0.3) is 11.7 Å². The normalized spacial score (nSPS) is 24.0. The number of rotatable bonds is 4. The Bertz CT molecular complexity index is 981. The minimum absolute atomic E-state index is 0.142. The fourth-order valence-electron chi connectivity index (χ4n) is 3.33. The van der Waals surface area contributed by atoms with Crippen molar-refractivity contribution < 1.29 is 14.0 Å². The Hall–Kier alpha value is -3.17. The number of anilines is 2. The molecule has 1 saturated carbocycles. The summed E-state index contributed by atoms with van der Waals surface area (Å²) in [5, 5.41) is 12.4. The van der Waals surface area contributed by atoms with Gasteiger partial charge in [0.15, 0.2) is 5.65 Å². The molecule has 27 heavy (non-hydrogen) atoms. The van der Waals surface area contributed by atoms with Gasteiger partial charge in [0.25, 0.3) is 5.91 Å². The average molecular weight is 371 g/mol. The van der Waals surface area contributed by atoms with Gasteiger partial charge in [-0.2, -0.15) is 9.61 Å². The van der Waals surface area contributed by atoms with Gasteiger partial charge in [-0.25, -0.2) is 14.2 Å². The highest BCUT2D eigenvalue weighted by Crippen LogP contribution is 2.30. The van der Waals surface area contributed by atoms with Gasteiger partial charge in [-0.05, 0) is 25.3 Å². The summed E-state index contributed by atoms with van der Waals surface area (Å²) < 4.78 is 15.3. The second-order valence-electron chi connectivity index (χ2n) is 7.05. The Morgan fingerprint density at radius 2 is 2.11 bits per heavy atom. The highest BCUT2D eigenvalue weighted by molar-refractivity contribution is 6.14. The molecular formula is C17H18FN7O2. The van der Waals surface area contributed by atoms with E-state index in [4.69, 9.17) is 0 Å². The highest BCUT2D eigenvalue weighted by atomic mass is 19.1. The summed E-state index contributed by atoms with van der Waals surface area (Å²) in [6, 6.07) is 1.73. The number of alkyl halides is 1. The van der Waals surface area contributed by atoms with Crippen molar-refractivity contribution >= 4 is 35.3 Å². The Morgan fingerprint density at radius 1 is 1.26 bits per heavy atom. The fourth-order valence-corrected chi connectivity index (χ4v) is 3.33. The van der Waals surface area contributed by atoms with Crippen LogP contribution in [0.1, 0.15) is 24.8 Å². The third kappa shape index (κ3) is 2.96. The number of urea groups is 1. The molecule has 0 spiro atoms. The molecule has 0 aromatic carbocycles. The van der Waals surface area contributed by atoms with E-state index in [1.807, 2.05) is 11.0 Å². The maximum atomic E-state index is 13.7. The molecule has 0 bridgehead atoms. The zero-order chi connectivity index (χ0) is 18.5. The minimum Gasteiger partial charge on any atom is -0.367 e. The van der Waals surface area contributed by atoms with Crippen LogP contribution in [0.3, 0.4) is 0 Å². The van der Waals surface area contributed by atoms with Gasteiger partial charge in [-0.15, -0.1) is 0 Å². The Balaban J connectivity index is 1.59. The molecule has 4 heterocycles. The molecule has 3 fully saturated rings. The van der Waals surface area contributed by atoms with Crippen LogP contribution in [0.15, 0.2) is 18.0 Å². The predicted octanol–water partition coefficient (Wildman–Crippen LogP) is 1.03. The largest absolute Gasteiger partial charge is 0.367 e. The first-order chi connectivity index (χ1) is 13.1. The van der Waals surface area contributed by atoms with Crippen LogP contribution >= 0.6 is 0 Å². The van der Waals surface area contributed by atoms with Crippen LogP contribution in [-0.4, -0.2) is 51.8 Å². The molecular weight excluding hydrogens is 353 g/mol. The zero-order valence-electron chi connectivity index (χ0n) is 14.4. The number of aromatic nitrogens is 3. The molecule has 2 aliphatic heterocycles. The van der Waals surface area contributed by atoms with Crippen molar-refractivity contribution in [2.24, 2.45) is 0 Å². The quantitative estimate of drug-likeness (QED) is 0.548. The highest BCUT2D eigenvalue weighted by Gasteiger charge is 2.27. The first-order valence-electron chi connectivity index (χ1n) is 8.95. The van der Waals surface area contributed by atoms with Crippen LogP contribution in [0.4, 0.5) is 20.8 Å². The van der Waals surface area contributed by atoms with Crippen molar-refractivity contribution in [2.75, 3.05) is 23.3 Å². The summed E-state index contributed by atoms with van der Waals surface area (Å²) in [6.07, 6.45) is 4.96. The Morgan fingerprint density at radius 3 is 2.78 bits per heavy atom. The van der Waals surface area contributed by atoms with Crippen molar-refractivity contribution in [3.63, 3.8) is 0 Å². The second kappa shape index (κ2) is 5.93. The number of imide groups is 1. The number of nitrogens with zero attached hydrogens (tertiary/aromatic N) is 4. The maximum absolute atomic E-state index is 13.7. The van der Waals surface area contributed by atoms with Gasteiger partial charge in [0.05, 0.1) is 12.7 Å². The molecule has 2 saturated heterocycles. The summed E-state index contributed by atoms with van der Waals surface area (Å²) in [5.41, 5.74) is 1.28. The number of nitrogens with one attached hydrogen (secondary N) is 3. The molecule has 10 heteroatoms. The van der Waals surface area contributed by atoms with E-state index in [1.54, 1.807) is 16.8 Å². The second-order valence-corrected chi connectivity index (χ2v) is 7.05. The molecule has 2 aromatic heterocycles. The molecule has 9 nitrogen and oxygen atoms in total. The fraction of sp³-hybridized carbons (Fsp3) is 0.412. The maximum Gasteiger partial charge on any atom is 0.326 e. The third-order valence-electron chi connectivity index (χ3n) is 4.89. The number of carbonyl (C=O) groups excluding carboxylic acids is 2. The standard InChI is InChI=1S/C17H18FN7O2/c18-10-3-4-24(8-10)13-6-14(20-11-1-2-11)25-15(22-13)9(7-19-25)5-12-16(26)23-17(27)21-12/h5-7,10-11,20H,1-4,8H2,(H2,21,23,26,27)/b12-5-/t10-/m1/s1. The number of fused-ring (bicyclic) bond motifs is 1. The van der Waals surface area contributed by atoms with E-state index < -0.39 is 18.1 Å². The van der Waals surface area contributed by atoms with E-state index in [0.717, 1.165) is 18.7 Å². The van der Waals surface area contributed by atoms with Gasteiger partial charge in [0, 0.05) is 24.2 Å². The summed E-state index contributed by atoms with van der Waals surface area (Å²) >= 11 is 0. The van der Waals surface area contributed by atoms with E-state index >= 15 is 0 Å². The van der Waals surface area contributed by atoms with Gasteiger partial charge in [-0.3, -0.25) is 10.1 Å². The molecule has 140 valence electrons. The van der Waals surface area contributed by atoms with Crippen LogP contribution in [0.2, 0.25) is 0 Å². The van der Waals surface area contributed by atoms with Crippen molar-refractivity contribution in [2.45, 2.75) is 31.5 Å². The lowest BCUT2D eigenvalue weighted by Crippen LogP contribution is -2.22. The number of amides is 3. The van der Waals surface area contributed by atoms with Gasteiger partial charge in [0.1, 0.15) is 23.5 Å². The topological polar surface area (TPSA) is 104 Å². The van der Waals surface area contributed by atoms with Crippen molar-refractivity contribution in [3.05, 3.63) is 23.5 Å². The first kappa shape index (κ1) is 16.0. The lowest BCUT2D eigenvalue weighted by atomic mass is 10.2. The summed E-state index contributed by atoms with van der Waals surface area (Å²) in [4.78, 5) is 29.7. The predicted molar refractivity (Wildman–Crippen MR) is 96.0 cm³/mol. The lowest BCUT2D eigenvalue weighted by molar-refractivity contribution is -0.115. The SMILES string of the molecule is O=C1NC(=O)/C(=C/c2cnn3c(NC4CC4)cc(N4CC[C@@H](F)C4)nc23)N1. The minimum atomic E-state index is -0.855. The van der Waals surface area contributed by atoms with E-state index in [9.17, 15) is 14.0 Å². The van der Waals surface area contributed by atoms with Crippen molar-refractivity contribution in [3.8, 4) is 0 Å². The van der Waals surface area contributed by atoms with Crippen LogP contribution < -0.4 is 20.9 Å².